The standard InChI is InChI=1S/C15H15ClN4O4S/c1-25(22,23)20-8-4-7-12(20)15(21)17-9-13-18-14(19-24-13)10-5-2-3-6-11(10)16/h2-7,12H,8-9H2,1H3,(H,17,21)/t12-/m0/s1. The molecule has 10 heteroatoms. The second-order valence-corrected chi connectivity index (χ2v) is 7.76. The van der Waals surface area contributed by atoms with E-state index in [1.165, 1.54) is 0 Å². The van der Waals surface area contributed by atoms with Gasteiger partial charge in [0, 0.05) is 12.1 Å². The largest absolute Gasteiger partial charge is 0.345 e. The van der Waals surface area contributed by atoms with Gasteiger partial charge in [0.15, 0.2) is 0 Å². The first-order chi connectivity index (χ1) is 11.9. The molecule has 0 fully saturated rings. The number of sulfonamides is 1. The zero-order valence-electron chi connectivity index (χ0n) is 13.2. The van der Waals surface area contributed by atoms with Crippen LogP contribution in [0.2, 0.25) is 5.02 Å². The van der Waals surface area contributed by atoms with E-state index < -0.39 is 22.0 Å². The van der Waals surface area contributed by atoms with Gasteiger partial charge in [-0.2, -0.15) is 9.29 Å². The minimum absolute atomic E-state index is 0.0156. The van der Waals surface area contributed by atoms with Crippen molar-refractivity contribution in [2.75, 3.05) is 12.8 Å². The van der Waals surface area contributed by atoms with Crippen LogP contribution in [0.1, 0.15) is 5.89 Å². The van der Waals surface area contributed by atoms with Gasteiger partial charge in [0.25, 0.3) is 0 Å². The van der Waals surface area contributed by atoms with Gasteiger partial charge in [0.1, 0.15) is 6.04 Å². The molecule has 1 N–H and O–H groups in total. The molecule has 0 bridgehead atoms. The summed E-state index contributed by atoms with van der Waals surface area (Å²) >= 11 is 6.08. The Hall–Kier alpha value is -2.23. The maximum atomic E-state index is 12.2. The molecule has 1 aromatic heterocycles. The minimum atomic E-state index is -3.47. The Bertz CT molecular complexity index is 925. The fourth-order valence-corrected chi connectivity index (χ4v) is 3.56. The van der Waals surface area contributed by atoms with Gasteiger partial charge < -0.3 is 9.84 Å². The van der Waals surface area contributed by atoms with Gasteiger partial charge in [0.2, 0.25) is 27.6 Å². The number of carbonyl (C=O) groups excluding carboxylic acids is 1. The highest BCUT2D eigenvalue weighted by molar-refractivity contribution is 7.88. The van der Waals surface area contributed by atoms with E-state index in [0.29, 0.717) is 16.4 Å². The number of aromatic nitrogens is 2. The molecule has 1 aliphatic rings. The summed E-state index contributed by atoms with van der Waals surface area (Å²) in [6.07, 6.45) is 4.24. The van der Waals surface area contributed by atoms with Gasteiger partial charge in [-0.1, -0.05) is 41.0 Å². The number of rotatable bonds is 5. The second kappa shape index (κ2) is 6.95. The topological polar surface area (TPSA) is 105 Å². The predicted octanol–water partition coefficient (Wildman–Crippen LogP) is 1.21. The molecule has 0 saturated carbocycles. The molecule has 1 aliphatic heterocycles. The van der Waals surface area contributed by atoms with E-state index in [9.17, 15) is 13.2 Å². The lowest BCUT2D eigenvalue weighted by Gasteiger charge is -2.20. The molecule has 2 heterocycles. The molecule has 1 aromatic carbocycles. The number of carbonyl (C=O) groups is 1. The van der Waals surface area contributed by atoms with Crippen LogP contribution < -0.4 is 5.32 Å². The Morgan fingerprint density at radius 2 is 2.20 bits per heavy atom. The number of halogens is 1. The van der Waals surface area contributed by atoms with Crippen LogP contribution >= 0.6 is 11.6 Å². The monoisotopic (exact) mass is 382 g/mol. The van der Waals surface area contributed by atoms with Crippen molar-refractivity contribution < 1.29 is 17.7 Å². The summed E-state index contributed by atoms with van der Waals surface area (Å²) in [6, 6.07) is 6.17. The smallest absolute Gasteiger partial charge is 0.246 e. The molecule has 1 atom stereocenters. The van der Waals surface area contributed by atoms with Crippen molar-refractivity contribution >= 4 is 27.5 Å². The molecule has 8 nitrogen and oxygen atoms in total. The summed E-state index contributed by atoms with van der Waals surface area (Å²) in [5.74, 6) is 0.0428. The first-order valence-corrected chi connectivity index (χ1v) is 9.57. The molecule has 0 saturated heterocycles. The third-order valence-corrected chi connectivity index (χ3v) is 5.16. The summed E-state index contributed by atoms with van der Waals surface area (Å²) < 4.78 is 29.5. The third kappa shape index (κ3) is 3.89. The zero-order chi connectivity index (χ0) is 18.0. The quantitative estimate of drug-likeness (QED) is 0.779. The van der Waals surface area contributed by atoms with E-state index in [-0.39, 0.29) is 19.0 Å². The summed E-state index contributed by atoms with van der Waals surface area (Å²) in [4.78, 5) is 16.4. The highest BCUT2D eigenvalue weighted by atomic mass is 35.5. The number of hydrogen-bond donors (Lipinski definition) is 1. The van der Waals surface area contributed by atoms with Crippen LogP contribution in [0.15, 0.2) is 40.9 Å². The molecule has 25 heavy (non-hydrogen) atoms. The van der Waals surface area contributed by atoms with Crippen molar-refractivity contribution in [1.29, 1.82) is 0 Å². The number of nitrogens with one attached hydrogen (secondary N) is 1. The van der Waals surface area contributed by atoms with Gasteiger partial charge >= 0.3 is 0 Å². The van der Waals surface area contributed by atoms with Crippen LogP contribution in [0.25, 0.3) is 11.4 Å². The van der Waals surface area contributed by atoms with E-state index in [1.807, 2.05) is 0 Å². The average Bonchev–Trinajstić information content (AvgIpc) is 3.22. The normalized spacial score (nSPS) is 17.8. The van der Waals surface area contributed by atoms with Crippen LogP contribution in [-0.4, -0.2) is 47.6 Å². The number of benzene rings is 1. The summed E-state index contributed by atoms with van der Waals surface area (Å²) in [5.41, 5.74) is 0.618. The molecule has 0 radical (unpaired) electrons. The minimum Gasteiger partial charge on any atom is -0.345 e. The van der Waals surface area contributed by atoms with Crippen molar-refractivity contribution in [3.05, 3.63) is 47.3 Å². The Labute approximate surface area is 149 Å². The van der Waals surface area contributed by atoms with Crippen LogP contribution in [0.5, 0.6) is 0 Å². The maximum absolute atomic E-state index is 12.2. The zero-order valence-corrected chi connectivity index (χ0v) is 14.8. The number of amides is 1. The molecule has 132 valence electrons. The van der Waals surface area contributed by atoms with E-state index in [2.05, 4.69) is 15.5 Å². The first-order valence-electron chi connectivity index (χ1n) is 7.35. The van der Waals surface area contributed by atoms with E-state index in [4.69, 9.17) is 16.1 Å². The molecule has 0 spiro atoms. The van der Waals surface area contributed by atoms with Crippen molar-refractivity contribution in [2.45, 2.75) is 12.6 Å². The highest BCUT2D eigenvalue weighted by Gasteiger charge is 2.32. The van der Waals surface area contributed by atoms with Crippen LogP contribution in [0.4, 0.5) is 0 Å². The summed E-state index contributed by atoms with van der Waals surface area (Å²) in [6.45, 7) is 0.159. The molecule has 1 amide bonds. The first kappa shape index (κ1) is 17.6. The molecule has 2 aromatic rings. The lowest BCUT2D eigenvalue weighted by Crippen LogP contribution is -2.45. The fraction of sp³-hybridized carbons (Fsp3) is 0.267. The van der Waals surface area contributed by atoms with Gasteiger partial charge in [-0.3, -0.25) is 4.79 Å². The van der Waals surface area contributed by atoms with Crippen molar-refractivity contribution in [3.63, 3.8) is 0 Å². The number of nitrogens with zero attached hydrogens (tertiary/aromatic N) is 3. The highest BCUT2D eigenvalue weighted by Crippen LogP contribution is 2.24. The van der Waals surface area contributed by atoms with Gasteiger partial charge in [-0.05, 0) is 12.1 Å². The summed E-state index contributed by atoms with van der Waals surface area (Å²) in [5, 5.41) is 6.92. The average molecular weight is 383 g/mol. The Morgan fingerprint density at radius 1 is 1.44 bits per heavy atom. The van der Waals surface area contributed by atoms with Gasteiger partial charge in [-0.25, -0.2) is 8.42 Å². The molecular weight excluding hydrogens is 368 g/mol. The van der Waals surface area contributed by atoms with Crippen molar-refractivity contribution in [3.8, 4) is 11.4 Å². The Morgan fingerprint density at radius 3 is 2.92 bits per heavy atom. The second-order valence-electron chi connectivity index (χ2n) is 5.42. The van der Waals surface area contributed by atoms with E-state index >= 15 is 0 Å². The van der Waals surface area contributed by atoms with E-state index in [1.54, 1.807) is 36.4 Å². The summed E-state index contributed by atoms with van der Waals surface area (Å²) in [7, 11) is -3.47. The van der Waals surface area contributed by atoms with Crippen molar-refractivity contribution in [2.24, 2.45) is 0 Å². The lowest BCUT2D eigenvalue weighted by atomic mass is 10.2. The third-order valence-electron chi connectivity index (χ3n) is 3.61. The van der Waals surface area contributed by atoms with Crippen LogP contribution in [-0.2, 0) is 21.4 Å². The number of hydrogen-bond acceptors (Lipinski definition) is 6. The molecular formula is C15H15ClN4O4S. The molecule has 0 unspecified atom stereocenters. The fourth-order valence-electron chi connectivity index (χ4n) is 2.41. The van der Waals surface area contributed by atoms with Crippen molar-refractivity contribution in [1.82, 2.24) is 19.8 Å². The molecule has 0 aliphatic carbocycles. The Balaban J connectivity index is 1.66. The SMILES string of the molecule is CS(=O)(=O)N1CC=C[C@H]1C(=O)NCc1nc(-c2ccccc2Cl)no1. The van der Waals surface area contributed by atoms with E-state index in [0.717, 1.165) is 10.6 Å². The maximum Gasteiger partial charge on any atom is 0.246 e. The van der Waals surface area contributed by atoms with Crippen LogP contribution in [0, 0.1) is 0 Å². The van der Waals surface area contributed by atoms with Gasteiger partial charge in [-0.15, -0.1) is 0 Å². The van der Waals surface area contributed by atoms with Crippen LogP contribution in [0.3, 0.4) is 0 Å². The molecule has 3 rings (SSSR count). The Kier molecular flexibility index (Phi) is 4.89. The predicted molar refractivity (Wildman–Crippen MR) is 91.1 cm³/mol. The lowest BCUT2D eigenvalue weighted by molar-refractivity contribution is -0.123. The van der Waals surface area contributed by atoms with Gasteiger partial charge in [0.05, 0.1) is 17.8 Å².